The summed E-state index contributed by atoms with van der Waals surface area (Å²) in [5.74, 6) is 0.481. The third-order valence-corrected chi connectivity index (χ3v) is 4.54. The van der Waals surface area contributed by atoms with Crippen molar-refractivity contribution in [2.45, 2.75) is 18.2 Å². The van der Waals surface area contributed by atoms with E-state index >= 15 is 0 Å². The van der Waals surface area contributed by atoms with Crippen LogP contribution in [0.5, 0.6) is 0 Å². The summed E-state index contributed by atoms with van der Waals surface area (Å²) < 4.78 is 16.7. The maximum Gasteiger partial charge on any atom is 0.253 e. The van der Waals surface area contributed by atoms with Crippen LogP contribution in [-0.4, -0.2) is 47.6 Å². The molecular formula is C15H21NO3S. The van der Waals surface area contributed by atoms with E-state index in [1.807, 2.05) is 11.8 Å². The van der Waals surface area contributed by atoms with Crippen LogP contribution in [0.4, 0.5) is 0 Å². The average Bonchev–Trinajstić information content (AvgIpc) is 2.97. The van der Waals surface area contributed by atoms with Crippen LogP contribution in [-0.2, 0) is 15.5 Å². The zero-order chi connectivity index (χ0) is 14.5. The third kappa shape index (κ3) is 3.67. The molecule has 1 heterocycles. The molecule has 0 unspecified atom stereocenters. The van der Waals surface area contributed by atoms with Gasteiger partial charge in [0, 0.05) is 53.1 Å². The first kappa shape index (κ1) is 15.2. The van der Waals surface area contributed by atoms with Crippen molar-refractivity contribution in [3.63, 3.8) is 0 Å². The fourth-order valence-electron chi connectivity index (χ4n) is 2.37. The highest BCUT2D eigenvalue weighted by molar-refractivity contribution is 7.84. The third-order valence-electron chi connectivity index (χ3n) is 3.60. The zero-order valence-corrected chi connectivity index (χ0v) is 12.8. The summed E-state index contributed by atoms with van der Waals surface area (Å²) in [4.78, 5) is 15.1. The van der Waals surface area contributed by atoms with Crippen LogP contribution in [0.3, 0.4) is 0 Å². The van der Waals surface area contributed by atoms with E-state index in [2.05, 4.69) is 0 Å². The first-order valence-corrected chi connectivity index (χ1v) is 8.48. The minimum absolute atomic E-state index is 0.0350. The number of rotatable bonds is 5. The molecule has 1 fully saturated rings. The van der Waals surface area contributed by atoms with Gasteiger partial charge in [-0.15, -0.1) is 0 Å². The lowest BCUT2D eigenvalue weighted by Gasteiger charge is -2.23. The Morgan fingerprint density at radius 1 is 1.40 bits per heavy atom. The van der Waals surface area contributed by atoms with E-state index in [4.69, 9.17) is 4.74 Å². The quantitative estimate of drug-likeness (QED) is 0.834. The van der Waals surface area contributed by atoms with Crippen molar-refractivity contribution in [1.29, 1.82) is 0 Å². The molecule has 2 rings (SSSR count). The van der Waals surface area contributed by atoms with E-state index in [1.165, 1.54) is 0 Å². The van der Waals surface area contributed by atoms with Crippen LogP contribution in [0.15, 0.2) is 29.2 Å². The smallest absolute Gasteiger partial charge is 0.253 e. The van der Waals surface area contributed by atoms with Gasteiger partial charge in [-0.1, -0.05) is 0 Å². The fourth-order valence-corrected chi connectivity index (χ4v) is 2.89. The second-order valence-corrected chi connectivity index (χ2v) is 6.43. The highest BCUT2D eigenvalue weighted by atomic mass is 32.2. The van der Waals surface area contributed by atoms with E-state index < -0.39 is 10.8 Å². The molecule has 1 saturated heterocycles. The Balaban J connectivity index is 2.05. The number of benzene rings is 1. The summed E-state index contributed by atoms with van der Waals surface area (Å²) in [5.41, 5.74) is 0.653. The van der Waals surface area contributed by atoms with Crippen molar-refractivity contribution in [2.75, 3.05) is 32.6 Å². The van der Waals surface area contributed by atoms with Crippen LogP contribution >= 0.6 is 0 Å². The van der Waals surface area contributed by atoms with Crippen molar-refractivity contribution in [3.05, 3.63) is 29.8 Å². The minimum atomic E-state index is -1.01. The van der Waals surface area contributed by atoms with Gasteiger partial charge in [0.1, 0.15) is 0 Å². The molecule has 110 valence electrons. The molecule has 0 N–H and O–H groups in total. The molecule has 0 radical (unpaired) electrons. The number of nitrogens with zero attached hydrogens (tertiary/aromatic N) is 1. The Bertz CT molecular complexity index is 480. The maximum atomic E-state index is 12.5. The first-order valence-electron chi connectivity index (χ1n) is 6.92. The topological polar surface area (TPSA) is 46.6 Å². The van der Waals surface area contributed by atoms with Gasteiger partial charge in [-0.05, 0) is 37.6 Å². The molecule has 1 aromatic carbocycles. The Hall–Kier alpha value is -1.20. The molecule has 0 saturated carbocycles. The molecule has 20 heavy (non-hydrogen) atoms. The highest BCUT2D eigenvalue weighted by Crippen LogP contribution is 2.16. The van der Waals surface area contributed by atoms with Gasteiger partial charge in [-0.2, -0.15) is 0 Å². The van der Waals surface area contributed by atoms with Gasteiger partial charge in [-0.25, -0.2) is 0 Å². The number of ether oxygens (including phenoxy) is 1. The van der Waals surface area contributed by atoms with Crippen LogP contribution in [0.25, 0.3) is 0 Å². The summed E-state index contributed by atoms with van der Waals surface area (Å²) in [6.07, 6.45) is 2.66. The van der Waals surface area contributed by atoms with Crippen LogP contribution in [0.2, 0.25) is 0 Å². The van der Waals surface area contributed by atoms with Crippen LogP contribution in [0, 0.1) is 5.92 Å². The van der Waals surface area contributed by atoms with Gasteiger partial charge in [0.2, 0.25) is 0 Å². The molecule has 5 heteroatoms. The monoisotopic (exact) mass is 295 g/mol. The summed E-state index contributed by atoms with van der Waals surface area (Å²) in [6.45, 7) is 4.97. The van der Waals surface area contributed by atoms with Gasteiger partial charge in [0.05, 0.1) is 6.61 Å². The Morgan fingerprint density at radius 3 is 2.60 bits per heavy atom. The first-order chi connectivity index (χ1) is 9.61. The second kappa shape index (κ2) is 6.99. The SMILES string of the molecule is CCN(C[C@H]1CCOC1)C(=O)c1ccc([S@](C)=O)cc1. The summed E-state index contributed by atoms with van der Waals surface area (Å²) in [5, 5.41) is 0. The van der Waals surface area contributed by atoms with Gasteiger partial charge in [0.15, 0.2) is 0 Å². The fraction of sp³-hybridized carbons (Fsp3) is 0.533. The van der Waals surface area contributed by atoms with Crippen molar-refractivity contribution in [1.82, 2.24) is 4.90 Å². The van der Waals surface area contributed by atoms with E-state index in [0.717, 1.165) is 31.1 Å². The predicted molar refractivity (Wildman–Crippen MR) is 79.3 cm³/mol. The van der Waals surface area contributed by atoms with Gasteiger partial charge in [0.25, 0.3) is 5.91 Å². The molecular weight excluding hydrogens is 274 g/mol. The Kier molecular flexibility index (Phi) is 5.31. The molecule has 1 aliphatic heterocycles. The lowest BCUT2D eigenvalue weighted by atomic mass is 10.1. The molecule has 1 amide bonds. The van der Waals surface area contributed by atoms with Crippen LogP contribution < -0.4 is 0 Å². The van der Waals surface area contributed by atoms with Gasteiger partial charge < -0.3 is 9.64 Å². The normalized spacial score (nSPS) is 19.8. The van der Waals surface area contributed by atoms with Crippen molar-refractivity contribution in [3.8, 4) is 0 Å². The summed E-state index contributed by atoms with van der Waals surface area (Å²) in [7, 11) is -1.01. The lowest BCUT2D eigenvalue weighted by Crippen LogP contribution is -2.35. The van der Waals surface area contributed by atoms with Crippen molar-refractivity contribution >= 4 is 16.7 Å². The molecule has 4 nitrogen and oxygen atoms in total. The number of hydrogen-bond donors (Lipinski definition) is 0. The number of carbonyl (C=O) groups is 1. The molecule has 1 aromatic rings. The van der Waals surface area contributed by atoms with E-state index in [1.54, 1.807) is 30.5 Å². The molecule has 1 aliphatic rings. The predicted octanol–water partition coefficient (Wildman–Crippen LogP) is 1.92. The highest BCUT2D eigenvalue weighted by Gasteiger charge is 2.22. The summed E-state index contributed by atoms with van der Waals surface area (Å²) in [6, 6.07) is 7.03. The van der Waals surface area contributed by atoms with E-state index in [9.17, 15) is 9.00 Å². The maximum absolute atomic E-state index is 12.5. The van der Waals surface area contributed by atoms with Crippen molar-refractivity contribution in [2.24, 2.45) is 5.92 Å². The Labute approximate surface area is 122 Å². The standard InChI is InChI=1S/C15H21NO3S/c1-3-16(10-12-8-9-19-11-12)15(17)13-4-6-14(7-5-13)20(2)18/h4-7,12H,3,8-11H2,1-2H3/t12-,20+/m1/s1. The number of amides is 1. The number of carbonyl (C=O) groups excluding carboxylic acids is 1. The Morgan fingerprint density at radius 2 is 2.10 bits per heavy atom. The van der Waals surface area contributed by atoms with Crippen LogP contribution in [0.1, 0.15) is 23.7 Å². The van der Waals surface area contributed by atoms with E-state index in [-0.39, 0.29) is 5.91 Å². The molecule has 2 atom stereocenters. The largest absolute Gasteiger partial charge is 0.381 e. The van der Waals surface area contributed by atoms with E-state index in [0.29, 0.717) is 18.0 Å². The summed E-state index contributed by atoms with van der Waals surface area (Å²) >= 11 is 0. The average molecular weight is 295 g/mol. The molecule has 0 bridgehead atoms. The molecule has 0 aliphatic carbocycles. The molecule has 0 aromatic heterocycles. The van der Waals surface area contributed by atoms with Crippen molar-refractivity contribution < 1.29 is 13.7 Å². The lowest BCUT2D eigenvalue weighted by molar-refractivity contribution is 0.0730. The van der Waals surface area contributed by atoms with Gasteiger partial charge >= 0.3 is 0 Å². The number of hydrogen-bond acceptors (Lipinski definition) is 3. The minimum Gasteiger partial charge on any atom is -0.381 e. The zero-order valence-electron chi connectivity index (χ0n) is 12.0. The van der Waals surface area contributed by atoms with Gasteiger partial charge in [-0.3, -0.25) is 9.00 Å². The molecule has 0 spiro atoms. The second-order valence-electron chi connectivity index (χ2n) is 5.05.